The third kappa shape index (κ3) is 3.14. The van der Waals surface area contributed by atoms with E-state index >= 15 is 0 Å². The lowest BCUT2D eigenvalue weighted by Gasteiger charge is -2.01. The van der Waals surface area contributed by atoms with Gasteiger partial charge < -0.3 is 4.42 Å². The Hall–Kier alpha value is -3.06. The summed E-state index contributed by atoms with van der Waals surface area (Å²) < 4.78 is 6.53. The molecule has 1 N–H and O–H groups in total. The molecule has 0 aliphatic carbocycles. The number of hydrogen-bond acceptors (Lipinski definition) is 6. The molecule has 0 fully saturated rings. The number of rotatable bonds is 3. The van der Waals surface area contributed by atoms with Crippen LogP contribution < -0.4 is 5.32 Å². The van der Waals surface area contributed by atoms with Crippen molar-refractivity contribution in [1.82, 2.24) is 15.2 Å². The monoisotopic (exact) mass is 350 g/mol. The first-order valence-corrected chi connectivity index (χ1v) is 8.53. The maximum atomic E-state index is 12.4. The third-order valence-corrected chi connectivity index (χ3v) is 4.50. The smallest absolute Gasteiger partial charge is 0.322 e. The van der Waals surface area contributed by atoms with E-state index in [1.165, 1.54) is 11.3 Å². The number of fused-ring (bicyclic) bond motifs is 1. The van der Waals surface area contributed by atoms with Gasteiger partial charge >= 0.3 is 6.01 Å². The van der Waals surface area contributed by atoms with Crippen LogP contribution in [-0.2, 0) is 0 Å². The molecule has 2 aromatic carbocycles. The number of carbonyl (C=O) groups is 1. The van der Waals surface area contributed by atoms with Gasteiger partial charge in [-0.2, -0.15) is 0 Å². The summed E-state index contributed by atoms with van der Waals surface area (Å²) in [6.07, 6.45) is 0. The van der Waals surface area contributed by atoms with Gasteiger partial charge in [0.15, 0.2) is 0 Å². The summed E-state index contributed by atoms with van der Waals surface area (Å²) in [5, 5.41) is 10.6. The SMILES string of the molecule is Cc1cc(C)cc(-c2nnc(NC(=O)c3ccc4ncsc4c3)o2)c1. The van der Waals surface area contributed by atoms with Crippen molar-refractivity contribution in [2.75, 3.05) is 5.32 Å². The molecule has 4 rings (SSSR count). The lowest BCUT2D eigenvalue weighted by molar-refractivity contribution is 0.102. The highest BCUT2D eigenvalue weighted by Gasteiger charge is 2.14. The van der Waals surface area contributed by atoms with E-state index in [2.05, 4.69) is 26.6 Å². The molecule has 0 saturated heterocycles. The molecule has 0 saturated carbocycles. The normalized spacial score (nSPS) is 11.0. The summed E-state index contributed by atoms with van der Waals surface area (Å²) in [7, 11) is 0. The molecule has 0 atom stereocenters. The van der Waals surface area contributed by atoms with E-state index in [1.807, 2.05) is 32.0 Å². The van der Waals surface area contributed by atoms with Gasteiger partial charge in [-0.1, -0.05) is 22.3 Å². The first kappa shape index (κ1) is 15.5. The number of carbonyl (C=O) groups excluding carboxylic acids is 1. The molecule has 124 valence electrons. The van der Waals surface area contributed by atoms with Crippen LogP contribution in [0.3, 0.4) is 0 Å². The molecule has 0 radical (unpaired) electrons. The van der Waals surface area contributed by atoms with Crippen LogP contribution in [0.1, 0.15) is 21.5 Å². The second kappa shape index (κ2) is 6.10. The van der Waals surface area contributed by atoms with Gasteiger partial charge in [-0.05, 0) is 44.2 Å². The fraction of sp³-hybridized carbons (Fsp3) is 0.111. The Morgan fingerprint density at radius 3 is 2.68 bits per heavy atom. The number of aryl methyl sites for hydroxylation is 2. The zero-order chi connectivity index (χ0) is 17.4. The average molecular weight is 350 g/mol. The molecule has 25 heavy (non-hydrogen) atoms. The highest BCUT2D eigenvalue weighted by molar-refractivity contribution is 7.16. The van der Waals surface area contributed by atoms with E-state index in [1.54, 1.807) is 17.6 Å². The Kier molecular flexibility index (Phi) is 3.77. The summed E-state index contributed by atoms with van der Waals surface area (Å²) >= 11 is 1.49. The number of benzene rings is 2. The summed E-state index contributed by atoms with van der Waals surface area (Å²) in [6, 6.07) is 11.4. The molecule has 7 heteroatoms. The van der Waals surface area contributed by atoms with Crippen LogP contribution in [-0.4, -0.2) is 21.1 Å². The molecule has 2 heterocycles. The van der Waals surface area contributed by atoms with Gasteiger partial charge in [0.1, 0.15) is 0 Å². The van der Waals surface area contributed by atoms with Crippen molar-refractivity contribution in [3.05, 3.63) is 58.6 Å². The average Bonchev–Trinajstić information content (AvgIpc) is 3.22. The van der Waals surface area contributed by atoms with Crippen LogP contribution in [0.25, 0.3) is 21.7 Å². The molecule has 4 aromatic rings. The number of anilines is 1. The molecular formula is C18H14N4O2S. The van der Waals surface area contributed by atoms with Crippen LogP contribution >= 0.6 is 11.3 Å². The standard InChI is InChI=1S/C18H14N4O2S/c1-10-5-11(2)7-13(6-10)17-21-22-18(24-17)20-16(23)12-3-4-14-15(8-12)25-9-19-14/h3-9H,1-2H3,(H,20,22,23). The van der Waals surface area contributed by atoms with Gasteiger partial charge in [0.25, 0.3) is 5.91 Å². The molecule has 6 nitrogen and oxygen atoms in total. The van der Waals surface area contributed by atoms with Crippen molar-refractivity contribution < 1.29 is 9.21 Å². The molecule has 1 amide bonds. The lowest BCUT2D eigenvalue weighted by Crippen LogP contribution is -2.11. The zero-order valence-electron chi connectivity index (χ0n) is 13.6. The maximum absolute atomic E-state index is 12.4. The van der Waals surface area contributed by atoms with Crippen molar-refractivity contribution in [2.24, 2.45) is 0 Å². The Balaban J connectivity index is 1.56. The third-order valence-electron chi connectivity index (χ3n) is 3.71. The van der Waals surface area contributed by atoms with Crippen molar-refractivity contribution in [1.29, 1.82) is 0 Å². The number of hydrogen-bond donors (Lipinski definition) is 1. The zero-order valence-corrected chi connectivity index (χ0v) is 14.4. The quantitative estimate of drug-likeness (QED) is 0.598. The van der Waals surface area contributed by atoms with E-state index in [0.29, 0.717) is 11.5 Å². The Bertz CT molecular complexity index is 1060. The van der Waals surface area contributed by atoms with Gasteiger partial charge in [-0.3, -0.25) is 10.1 Å². The molecule has 0 spiro atoms. The maximum Gasteiger partial charge on any atom is 0.322 e. The minimum Gasteiger partial charge on any atom is -0.403 e. The van der Waals surface area contributed by atoms with Crippen molar-refractivity contribution >= 4 is 33.5 Å². The largest absolute Gasteiger partial charge is 0.403 e. The molecular weight excluding hydrogens is 336 g/mol. The summed E-state index contributed by atoms with van der Waals surface area (Å²) in [4.78, 5) is 16.6. The molecule has 0 aliphatic rings. The van der Waals surface area contributed by atoms with Crippen LogP contribution in [0.4, 0.5) is 6.01 Å². The van der Waals surface area contributed by atoms with E-state index in [0.717, 1.165) is 26.9 Å². The van der Waals surface area contributed by atoms with E-state index in [9.17, 15) is 4.79 Å². The van der Waals surface area contributed by atoms with Crippen LogP contribution in [0.2, 0.25) is 0 Å². The van der Waals surface area contributed by atoms with Crippen LogP contribution in [0.15, 0.2) is 46.3 Å². The molecule has 0 unspecified atom stereocenters. The number of thiazole rings is 1. The second-order valence-corrected chi connectivity index (χ2v) is 6.66. The Morgan fingerprint density at radius 2 is 1.88 bits per heavy atom. The highest BCUT2D eigenvalue weighted by Crippen LogP contribution is 2.23. The second-order valence-electron chi connectivity index (χ2n) is 5.78. The van der Waals surface area contributed by atoms with Crippen molar-refractivity contribution in [3.63, 3.8) is 0 Å². The van der Waals surface area contributed by atoms with E-state index in [-0.39, 0.29) is 11.9 Å². The Morgan fingerprint density at radius 1 is 1.08 bits per heavy atom. The van der Waals surface area contributed by atoms with Gasteiger partial charge in [0, 0.05) is 11.1 Å². The van der Waals surface area contributed by atoms with E-state index < -0.39 is 0 Å². The predicted molar refractivity (Wildman–Crippen MR) is 96.8 cm³/mol. The first-order chi connectivity index (χ1) is 12.1. The van der Waals surface area contributed by atoms with Gasteiger partial charge in [-0.15, -0.1) is 16.4 Å². The molecule has 0 aliphatic heterocycles. The minimum atomic E-state index is -0.300. The van der Waals surface area contributed by atoms with Gasteiger partial charge in [-0.25, -0.2) is 4.98 Å². The van der Waals surface area contributed by atoms with Gasteiger partial charge in [0.05, 0.1) is 15.7 Å². The molecule has 2 aromatic heterocycles. The number of amides is 1. The van der Waals surface area contributed by atoms with Crippen LogP contribution in [0, 0.1) is 13.8 Å². The Labute approximate surface area is 147 Å². The topological polar surface area (TPSA) is 80.9 Å². The summed E-state index contributed by atoms with van der Waals surface area (Å²) in [5.41, 5.74) is 6.18. The summed E-state index contributed by atoms with van der Waals surface area (Å²) in [6.45, 7) is 4.01. The lowest BCUT2D eigenvalue weighted by atomic mass is 10.1. The molecule has 0 bridgehead atoms. The highest BCUT2D eigenvalue weighted by atomic mass is 32.1. The number of nitrogens with one attached hydrogen (secondary N) is 1. The fourth-order valence-electron chi connectivity index (χ4n) is 2.65. The summed E-state index contributed by atoms with van der Waals surface area (Å²) in [5.74, 6) is 0.0749. The fourth-order valence-corrected chi connectivity index (χ4v) is 3.37. The predicted octanol–water partition coefficient (Wildman–Crippen LogP) is 4.22. The van der Waals surface area contributed by atoms with Crippen LogP contribution in [0.5, 0.6) is 0 Å². The van der Waals surface area contributed by atoms with E-state index in [4.69, 9.17) is 4.42 Å². The van der Waals surface area contributed by atoms with Crippen molar-refractivity contribution in [3.8, 4) is 11.5 Å². The number of nitrogens with zero attached hydrogens (tertiary/aromatic N) is 3. The number of aromatic nitrogens is 3. The first-order valence-electron chi connectivity index (χ1n) is 7.65. The van der Waals surface area contributed by atoms with Gasteiger partial charge in [0.2, 0.25) is 5.89 Å². The minimum absolute atomic E-state index is 0.0727. The van der Waals surface area contributed by atoms with Crippen molar-refractivity contribution in [2.45, 2.75) is 13.8 Å².